The minimum absolute atomic E-state index is 0.0365. The molecular formula is C26H29N5O4S. The average molecular weight is 508 g/mol. The van der Waals surface area contributed by atoms with Gasteiger partial charge in [-0.2, -0.15) is 0 Å². The molecule has 0 bridgehead atoms. The number of carbonyl (C=O) groups excluding carboxylic acids is 2. The van der Waals surface area contributed by atoms with Gasteiger partial charge in [-0.15, -0.1) is 0 Å². The number of rotatable bonds is 10. The van der Waals surface area contributed by atoms with E-state index in [1.807, 2.05) is 13.8 Å². The molecule has 3 aromatic rings. The first-order valence-electron chi connectivity index (χ1n) is 11.3. The van der Waals surface area contributed by atoms with Crippen molar-refractivity contribution in [2.75, 3.05) is 6.54 Å². The standard InChI is InChI=1S/C26H29N5O4S/c1-18(2)15-29-25(33)21-6-5-7-23(14-21)36(34,35)22-10-8-20(9-11-22)16-30-24(32)19(3)17-31-13-12-28-26(31)27-4/h5-14,17-18H,4,15-16H2,1-3H3,(H,29,33)(H,30,32)/b19-17+. The largest absolute Gasteiger partial charge is 0.352 e. The summed E-state index contributed by atoms with van der Waals surface area (Å²) in [5, 5.41) is 5.59. The summed E-state index contributed by atoms with van der Waals surface area (Å²) in [6, 6.07) is 12.2. The lowest BCUT2D eigenvalue weighted by Gasteiger charge is -2.10. The van der Waals surface area contributed by atoms with E-state index in [0.717, 1.165) is 5.56 Å². The predicted octanol–water partition coefficient (Wildman–Crippen LogP) is 3.61. The van der Waals surface area contributed by atoms with Gasteiger partial charge in [0.05, 0.1) is 9.79 Å². The van der Waals surface area contributed by atoms with Crippen molar-refractivity contribution in [3.05, 3.63) is 77.6 Å². The quantitative estimate of drug-likeness (QED) is 0.321. The van der Waals surface area contributed by atoms with Crippen LogP contribution in [0.3, 0.4) is 0 Å². The van der Waals surface area contributed by atoms with Crippen molar-refractivity contribution in [2.45, 2.75) is 37.1 Å². The molecule has 0 aliphatic heterocycles. The summed E-state index contributed by atoms with van der Waals surface area (Å²) < 4.78 is 27.8. The summed E-state index contributed by atoms with van der Waals surface area (Å²) >= 11 is 0. The average Bonchev–Trinajstić information content (AvgIpc) is 3.33. The Morgan fingerprint density at radius 1 is 1.11 bits per heavy atom. The summed E-state index contributed by atoms with van der Waals surface area (Å²) in [6.45, 7) is 9.77. The van der Waals surface area contributed by atoms with Crippen LogP contribution in [-0.2, 0) is 21.2 Å². The Bertz CT molecular complexity index is 1390. The number of nitrogens with zero attached hydrogens (tertiary/aromatic N) is 3. The van der Waals surface area contributed by atoms with Crippen molar-refractivity contribution in [3.63, 3.8) is 0 Å². The first-order chi connectivity index (χ1) is 17.1. The number of aliphatic imine (C=N–C) groups is 1. The summed E-state index contributed by atoms with van der Waals surface area (Å²) in [6.07, 6.45) is 4.81. The van der Waals surface area contributed by atoms with Crippen LogP contribution in [0.5, 0.6) is 0 Å². The molecular weight excluding hydrogens is 478 g/mol. The van der Waals surface area contributed by atoms with Gasteiger partial charge < -0.3 is 10.6 Å². The highest BCUT2D eigenvalue weighted by Crippen LogP contribution is 2.22. The van der Waals surface area contributed by atoms with E-state index in [4.69, 9.17) is 0 Å². The van der Waals surface area contributed by atoms with Gasteiger partial charge in [0.25, 0.3) is 5.91 Å². The maximum absolute atomic E-state index is 13.1. The van der Waals surface area contributed by atoms with Crippen LogP contribution in [0.15, 0.2) is 81.3 Å². The zero-order chi connectivity index (χ0) is 26.3. The van der Waals surface area contributed by atoms with Crippen LogP contribution >= 0.6 is 0 Å². The van der Waals surface area contributed by atoms with Crippen molar-refractivity contribution in [1.82, 2.24) is 20.2 Å². The topological polar surface area (TPSA) is 123 Å². The molecule has 0 spiro atoms. The number of nitrogens with one attached hydrogen (secondary N) is 2. The molecule has 36 heavy (non-hydrogen) atoms. The van der Waals surface area contributed by atoms with Gasteiger partial charge >= 0.3 is 0 Å². The van der Waals surface area contributed by atoms with Crippen molar-refractivity contribution in [1.29, 1.82) is 0 Å². The Hall–Kier alpha value is -4.05. The van der Waals surface area contributed by atoms with Crippen LogP contribution in [0.25, 0.3) is 6.20 Å². The van der Waals surface area contributed by atoms with E-state index in [-0.39, 0.29) is 39.6 Å². The first kappa shape index (κ1) is 26.6. The van der Waals surface area contributed by atoms with Crippen molar-refractivity contribution < 1.29 is 18.0 Å². The highest BCUT2D eigenvalue weighted by atomic mass is 32.2. The molecule has 1 heterocycles. The number of aromatic nitrogens is 2. The van der Waals surface area contributed by atoms with Crippen molar-refractivity contribution >= 4 is 40.5 Å². The highest BCUT2D eigenvalue weighted by molar-refractivity contribution is 7.91. The van der Waals surface area contributed by atoms with Gasteiger partial charge in [-0.25, -0.2) is 18.4 Å². The van der Waals surface area contributed by atoms with Gasteiger partial charge in [-0.1, -0.05) is 32.0 Å². The maximum atomic E-state index is 13.1. The van der Waals surface area contributed by atoms with Gasteiger partial charge in [0, 0.05) is 42.8 Å². The third-order valence-corrected chi connectivity index (χ3v) is 7.01. The Morgan fingerprint density at radius 2 is 1.83 bits per heavy atom. The monoisotopic (exact) mass is 507 g/mol. The molecule has 0 atom stereocenters. The van der Waals surface area contributed by atoms with E-state index in [9.17, 15) is 18.0 Å². The SMILES string of the molecule is C=Nc1nccn1/C=C(\C)C(=O)NCc1ccc(S(=O)(=O)c2cccc(C(=O)NCC(C)C)c2)cc1. The fourth-order valence-corrected chi connectivity index (χ4v) is 4.55. The maximum Gasteiger partial charge on any atom is 0.251 e. The van der Waals surface area contributed by atoms with E-state index in [1.54, 1.807) is 54.3 Å². The number of benzene rings is 2. The van der Waals surface area contributed by atoms with E-state index < -0.39 is 9.84 Å². The summed E-state index contributed by atoms with van der Waals surface area (Å²) in [7, 11) is -3.82. The Balaban J connectivity index is 1.67. The second kappa shape index (κ2) is 11.6. The zero-order valence-electron chi connectivity index (χ0n) is 20.4. The normalized spacial score (nSPS) is 11.8. The molecule has 2 aromatic carbocycles. The highest BCUT2D eigenvalue weighted by Gasteiger charge is 2.19. The Morgan fingerprint density at radius 3 is 2.50 bits per heavy atom. The van der Waals surface area contributed by atoms with Crippen LogP contribution in [-0.4, -0.2) is 43.0 Å². The summed E-state index contributed by atoms with van der Waals surface area (Å²) in [5.41, 5.74) is 1.45. The van der Waals surface area contributed by atoms with E-state index in [0.29, 0.717) is 18.1 Å². The third kappa shape index (κ3) is 6.54. The number of imidazole rings is 1. The second-order valence-corrected chi connectivity index (χ2v) is 10.5. The predicted molar refractivity (Wildman–Crippen MR) is 139 cm³/mol. The van der Waals surface area contributed by atoms with Crippen LogP contribution in [0.1, 0.15) is 36.7 Å². The minimum Gasteiger partial charge on any atom is -0.352 e. The molecule has 0 unspecified atom stereocenters. The first-order valence-corrected chi connectivity index (χ1v) is 12.8. The van der Waals surface area contributed by atoms with Gasteiger partial charge in [0.2, 0.25) is 21.7 Å². The van der Waals surface area contributed by atoms with Crippen LogP contribution in [0.2, 0.25) is 0 Å². The number of hydrogen-bond donors (Lipinski definition) is 2. The van der Waals surface area contributed by atoms with Crippen LogP contribution in [0, 0.1) is 5.92 Å². The number of carbonyl (C=O) groups is 2. The fraction of sp³-hybridized carbons (Fsp3) is 0.231. The molecule has 3 rings (SSSR count). The van der Waals surface area contributed by atoms with E-state index in [2.05, 4.69) is 27.3 Å². The van der Waals surface area contributed by atoms with E-state index >= 15 is 0 Å². The van der Waals surface area contributed by atoms with Crippen molar-refractivity contribution in [3.8, 4) is 0 Å². The van der Waals surface area contributed by atoms with Gasteiger partial charge in [0.15, 0.2) is 0 Å². The van der Waals surface area contributed by atoms with Crippen molar-refractivity contribution in [2.24, 2.45) is 10.9 Å². The molecule has 2 amide bonds. The minimum atomic E-state index is -3.82. The van der Waals surface area contributed by atoms with Crippen LogP contribution < -0.4 is 10.6 Å². The fourth-order valence-electron chi connectivity index (χ4n) is 3.24. The van der Waals surface area contributed by atoms with E-state index in [1.165, 1.54) is 24.3 Å². The number of sulfone groups is 1. The lowest BCUT2D eigenvalue weighted by molar-refractivity contribution is -0.117. The lowest BCUT2D eigenvalue weighted by atomic mass is 10.2. The Labute approximate surface area is 210 Å². The van der Waals surface area contributed by atoms with Gasteiger partial charge in [0.1, 0.15) is 0 Å². The molecule has 188 valence electrons. The molecule has 0 saturated carbocycles. The summed E-state index contributed by atoms with van der Waals surface area (Å²) in [5.74, 6) is 0.0491. The molecule has 9 nitrogen and oxygen atoms in total. The Kier molecular flexibility index (Phi) is 8.55. The summed E-state index contributed by atoms with van der Waals surface area (Å²) in [4.78, 5) is 32.7. The molecule has 0 radical (unpaired) electrons. The van der Waals surface area contributed by atoms with Gasteiger partial charge in [-0.05, 0) is 55.5 Å². The molecule has 10 heteroatoms. The second-order valence-electron chi connectivity index (χ2n) is 8.57. The molecule has 0 fully saturated rings. The molecule has 0 aliphatic carbocycles. The molecule has 0 aliphatic rings. The third-order valence-electron chi connectivity index (χ3n) is 5.24. The smallest absolute Gasteiger partial charge is 0.251 e. The number of hydrogen-bond acceptors (Lipinski definition) is 6. The van der Waals surface area contributed by atoms with Crippen LogP contribution in [0.4, 0.5) is 5.95 Å². The molecule has 0 saturated heterocycles. The molecule has 1 aromatic heterocycles. The number of amides is 2. The molecule has 2 N–H and O–H groups in total. The lowest BCUT2D eigenvalue weighted by Crippen LogP contribution is -2.27. The van der Waals surface area contributed by atoms with Gasteiger partial charge in [-0.3, -0.25) is 14.2 Å². The zero-order valence-corrected chi connectivity index (χ0v) is 21.2.